The van der Waals surface area contributed by atoms with Crippen LogP contribution in [0, 0.1) is 0 Å². The van der Waals surface area contributed by atoms with E-state index in [0.29, 0.717) is 12.8 Å². The average molecular weight is 735 g/mol. The summed E-state index contributed by atoms with van der Waals surface area (Å²) in [7, 11) is 0. The van der Waals surface area contributed by atoms with Crippen molar-refractivity contribution in [2.75, 3.05) is 13.2 Å². The van der Waals surface area contributed by atoms with Crippen LogP contribution in [-0.2, 0) is 19.1 Å². The van der Waals surface area contributed by atoms with Crippen molar-refractivity contribution in [2.45, 2.75) is 264 Å². The van der Waals surface area contributed by atoms with Crippen LogP contribution in [0.1, 0.15) is 258 Å². The lowest BCUT2D eigenvalue weighted by atomic mass is 10.0. The lowest BCUT2D eigenvalue weighted by molar-refractivity contribution is -0.161. The lowest BCUT2D eigenvalue weighted by Gasteiger charge is -2.15. The normalized spacial score (nSPS) is 12.1. The van der Waals surface area contributed by atoms with Crippen LogP contribution in [0.15, 0.2) is 12.2 Å². The molecule has 0 amide bonds. The van der Waals surface area contributed by atoms with Crippen molar-refractivity contribution < 1.29 is 24.2 Å². The van der Waals surface area contributed by atoms with Gasteiger partial charge in [0.15, 0.2) is 6.10 Å². The first-order valence-electron chi connectivity index (χ1n) is 23.2. The topological polar surface area (TPSA) is 72.8 Å². The molecule has 0 bridgehead atoms. The number of hydrogen-bond donors (Lipinski definition) is 1. The van der Waals surface area contributed by atoms with Crippen LogP contribution in [0.5, 0.6) is 0 Å². The summed E-state index contributed by atoms with van der Waals surface area (Å²) in [5.41, 5.74) is 0. The molecule has 0 saturated heterocycles. The second kappa shape index (κ2) is 44.0. The minimum atomic E-state index is -0.767. The maximum absolute atomic E-state index is 12.2. The molecule has 0 saturated carbocycles. The first-order valence-corrected chi connectivity index (χ1v) is 23.2. The van der Waals surface area contributed by atoms with Crippen molar-refractivity contribution in [1.82, 2.24) is 0 Å². The summed E-state index contributed by atoms with van der Waals surface area (Å²) in [6, 6.07) is 0. The molecule has 1 atom stereocenters. The number of rotatable bonds is 43. The molecule has 308 valence electrons. The number of aliphatic hydroxyl groups excluding tert-OH is 1. The zero-order valence-corrected chi connectivity index (χ0v) is 35.1. The van der Waals surface area contributed by atoms with Gasteiger partial charge in [0.1, 0.15) is 6.61 Å². The number of allylic oxidation sites excluding steroid dienone is 2. The average Bonchev–Trinajstić information content (AvgIpc) is 3.15. The molecule has 0 aliphatic heterocycles. The smallest absolute Gasteiger partial charge is 0.306 e. The predicted molar refractivity (Wildman–Crippen MR) is 224 cm³/mol. The molecule has 0 aromatic heterocycles. The van der Waals surface area contributed by atoms with Crippen molar-refractivity contribution in [3.05, 3.63) is 12.2 Å². The van der Waals surface area contributed by atoms with Gasteiger partial charge in [0, 0.05) is 12.8 Å². The number of ether oxygens (including phenoxy) is 2. The lowest BCUT2D eigenvalue weighted by Crippen LogP contribution is -2.28. The van der Waals surface area contributed by atoms with Crippen LogP contribution in [-0.4, -0.2) is 36.4 Å². The monoisotopic (exact) mass is 735 g/mol. The minimum absolute atomic E-state index is 0.0617. The van der Waals surface area contributed by atoms with Crippen LogP contribution in [0.2, 0.25) is 0 Å². The summed E-state index contributed by atoms with van der Waals surface area (Å²) in [5.74, 6) is -0.580. The summed E-state index contributed by atoms with van der Waals surface area (Å²) < 4.78 is 10.7. The van der Waals surface area contributed by atoms with Gasteiger partial charge in [0.25, 0.3) is 0 Å². The Labute approximate surface area is 324 Å². The maximum atomic E-state index is 12.2. The Hall–Kier alpha value is -1.36. The van der Waals surface area contributed by atoms with Gasteiger partial charge in [0.2, 0.25) is 0 Å². The highest BCUT2D eigenvalue weighted by atomic mass is 16.6. The molecule has 5 nitrogen and oxygen atoms in total. The van der Waals surface area contributed by atoms with Crippen LogP contribution in [0.3, 0.4) is 0 Å². The van der Waals surface area contributed by atoms with Gasteiger partial charge in [-0.25, -0.2) is 0 Å². The molecule has 0 unspecified atom stereocenters. The van der Waals surface area contributed by atoms with E-state index < -0.39 is 6.10 Å². The molecule has 5 heteroatoms. The summed E-state index contributed by atoms with van der Waals surface area (Å²) >= 11 is 0. The van der Waals surface area contributed by atoms with Crippen LogP contribution in [0.4, 0.5) is 0 Å². The van der Waals surface area contributed by atoms with E-state index in [1.165, 1.54) is 193 Å². The molecule has 0 spiro atoms. The van der Waals surface area contributed by atoms with Crippen molar-refractivity contribution in [1.29, 1.82) is 0 Å². The Bertz CT molecular complexity index is 750. The van der Waals surface area contributed by atoms with Gasteiger partial charge in [-0.2, -0.15) is 0 Å². The van der Waals surface area contributed by atoms with E-state index >= 15 is 0 Å². The molecule has 0 aromatic rings. The Balaban J connectivity index is 3.47. The molecule has 0 aliphatic carbocycles. The molecule has 0 fully saturated rings. The second-order valence-corrected chi connectivity index (χ2v) is 15.8. The largest absolute Gasteiger partial charge is 0.462 e. The third kappa shape index (κ3) is 41.4. The fourth-order valence-corrected chi connectivity index (χ4v) is 7.02. The van der Waals surface area contributed by atoms with Crippen LogP contribution < -0.4 is 0 Å². The third-order valence-corrected chi connectivity index (χ3v) is 10.6. The number of carbonyl (C=O) groups is 2. The van der Waals surface area contributed by atoms with Gasteiger partial charge < -0.3 is 14.6 Å². The zero-order valence-electron chi connectivity index (χ0n) is 35.1. The number of carbonyl (C=O) groups excluding carboxylic acids is 2. The van der Waals surface area contributed by atoms with E-state index in [9.17, 15) is 14.7 Å². The maximum Gasteiger partial charge on any atom is 0.306 e. The Morgan fingerprint density at radius 3 is 1.04 bits per heavy atom. The minimum Gasteiger partial charge on any atom is -0.462 e. The van der Waals surface area contributed by atoms with Crippen LogP contribution in [0.25, 0.3) is 0 Å². The fraction of sp³-hybridized carbons (Fsp3) is 0.915. The van der Waals surface area contributed by atoms with Crippen molar-refractivity contribution in [3.8, 4) is 0 Å². The molecular formula is C47H90O5. The zero-order chi connectivity index (χ0) is 37.8. The van der Waals surface area contributed by atoms with Crippen molar-refractivity contribution >= 4 is 11.9 Å². The van der Waals surface area contributed by atoms with Gasteiger partial charge in [-0.1, -0.05) is 219 Å². The van der Waals surface area contributed by atoms with E-state index in [1.54, 1.807) is 0 Å². The fourth-order valence-electron chi connectivity index (χ4n) is 7.02. The quantitative estimate of drug-likeness (QED) is 0.0383. The van der Waals surface area contributed by atoms with E-state index in [2.05, 4.69) is 26.0 Å². The molecule has 0 aromatic carbocycles. The van der Waals surface area contributed by atoms with E-state index in [0.717, 1.165) is 38.5 Å². The van der Waals surface area contributed by atoms with Gasteiger partial charge in [-0.05, 0) is 38.5 Å². The standard InChI is InChI=1S/C47H90O5/c1-3-5-7-9-11-13-15-17-19-21-22-23-24-26-28-30-32-34-36-38-40-42-47(50)52-45(43-48)44-51-46(49)41-39-37-35-33-31-29-27-25-20-18-16-14-12-10-8-6-4-2/h18,20,45,48H,3-17,19,21-44H2,1-2H3/b20-18+/t45-/m0/s1. The highest BCUT2D eigenvalue weighted by Crippen LogP contribution is 2.16. The molecule has 0 heterocycles. The molecular weight excluding hydrogens is 645 g/mol. The number of unbranched alkanes of at least 4 members (excludes halogenated alkanes) is 33. The van der Waals surface area contributed by atoms with E-state index in [-0.39, 0.29) is 25.2 Å². The third-order valence-electron chi connectivity index (χ3n) is 10.6. The highest BCUT2D eigenvalue weighted by molar-refractivity contribution is 5.70. The van der Waals surface area contributed by atoms with Crippen molar-refractivity contribution in [3.63, 3.8) is 0 Å². The Kier molecular flexibility index (Phi) is 42.9. The van der Waals surface area contributed by atoms with E-state index in [4.69, 9.17) is 9.47 Å². The SMILES string of the molecule is CCCCCCCC/C=C/CCCCCCCCCC(=O)OC[C@H](CO)OC(=O)CCCCCCCCCCCCCCCCCCCCCCC. The first-order chi connectivity index (χ1) is 25.6. The molecule has 0 rings (SSSR count). The number of aliphatic hydroxyl groups is 1. The molecule has 52 heavy (non-hydrogen) atoms. The Morgan fingerprint density at radius 2 is 0.712 bits per heavy atom. The van der Waals surface area contributed by atoms with E-state index in [1.807, 2.05) is 0 Å². The Morgan fingerprint density at radius 1 is 0.423 bits per heavy atom. The second-order valence-electron chi connectivity index (χ2n) is 15.8. The molecule has 0 aliphatic rings. The number of esters is 2. The highest BCUT2D eigenvalue weighted by Gasteiger charge is 2.16. The molecule has 0 radical (unpaired) electrons. The van der Waals surface area contributed by atoms with Gasteiger partial charge in [-0.3, -0.25) is 9.59 Å². The summed E-state index contributed by atoms with van der Waals surface area (Å²) in [5, 5.41) is 9.59. The van der Waals surface area contributed by atoms with Gasteiger partial charge >= 0.3 is 11.9 Å². The van der Waals surface area contributed by atoms with Gasteiger partial charge in [0.05, 0.1) is 6.61 Å². The van der Waals surface area contributed by atoms with Gasteiger partial charge in [-0.15, -0.1) is 0 Å². The molecule has 1 N–H and O–H groups in total. The first kappa shape index (κ1) is 50.6. The van der Waals surface area contributed by atoms with Crippen molar-refractivity contribution in [2.24, 2.45) is 0 Å². The summed E-state index contributed by atoms with van der Waals surface area (Å²) in [6.07, 6.45) is 51.5. The summed E-state index contributed by atoms with van der Waals surface area (Å²) in [6.45, 7) is 4.17. The number of hydrogen-bond acceptors (Lipinski definition) is 5. The van der Waals surface area contributed by atoms with Crippen LogP contribution >= 0.6 is 0 Å². The summed E-state index contributed by atoms with van der Waals surface area (Å²) in [4.78, 5) is 24.4. The predicted octanol–water partition coefficient (Wildman–Crippen LogP) is 14.9.